The second-order valence-electron chi connectivity index (χ2n) is 12.3. The minimum Gasteiger partial charge on any atom is -0.573 e. The fourth-order valence-electron chi connectivity index (χ4n) is 4.39. The molecule has 0 aromatic carbocycles. The van der Waals surface area contributed by atoms with Gasteiger partial charge in [-0.15, -0.1) is 0 Å². The SMILES string of the molecule is CC(C)(C)c1cc(-c2cncc(-c3[n-]nc4c3CCCC4(C)C)n2)[n-]n1.CC(C)(C)c1ccncc1.[Pt+2]. The van der Waals surface area contributed by atoms with E-state index in [4.69, 9.17) is 4.98 Å². The van der Waals surface area contributed by atoms with Gasteiger partial charge in [-0.1, -0.05) is 72.8 Å². The van der Waals surface area contributed by atoms with Crippen LogP contribution in [0.2, 0.25) is 0 Å². The Labute approximate surface area is 235 Å². The first kappa shape index (κ1) is 28.9. The summed E-state index contributed by atoms with van der Waals surface area (Å²) in [5.41, 5.74) is 7.98. The van der Waals surface area contributed by atoms with E-state index >= 15 is 0 Å². The smallest absolute Gasteiger partial charge is 0.573 e. The molecule has 0 unspecified atom stereocenters. The van der Waals surface area contributed by atoms with Crippen molar-refractivity contribution in [2.45, 2.75) is 90.9 Å². The van der Waals surface area contributed by atoms with Gasteiger partial charge >= 0.3 is 21.1 Å². The van der Waals surface area contributed by atoms with Gasteiger partial charge in [-0.2, -0.15) is 0 Å². The Morgan fingerprint density at radius 1 is 0.838 bits per heavy atom. The summed E-state index contributed by atoms with van der Waals surface area (Å²) < 4.78 is 0. The molecule has 4 aromatic rings. The maximum atomic E-state index is 4.77. The van der Waals surface area contributed by atoms with Crippen LogP contribution in [-0.4, -0.2) is 25.1 Å². The average molecular weight is 679 g/mol. The Hall–Kier alpha value is -2.66. The summed E-state index contributed by atoms with van der Waals surface area (Å²) in [6, 6.07) is 6.10. The molecular formula is C29H37N7Pt. The van der Waals surface area contributed by atoms with Crippen LogP contribution in [0.1, 0.15) is 90.7 Å². The van der Waals surface area contributed by atoms with Crippen LogP contribution in [0.15, 0.2) is 43.0 Å². The molecule has 0 spiro atoms. The third-order valence-electron chi connectivity index (χ3n) is 6.68. The molecule has 1 aliphatic rings. The van der Waals surface area contributed by atoms with Crippen molar-refractivity contribution >= 4 is 0 Å². The molecule has 0 saturated carbocycles. The van der Waals surface area contributed by atoms with Gasteiger partial charge in [0.1, 0.15) is 0 Å². The predicted molar refractivity (Wildman–Crippen MR) is 143 cm³/mol. The zero-order valence-electron chi connectivity index (χ0n) is 23.1. The molecular weight excluding hydrogens is 641 g/mol. The van der Waals surface area contributed by atoms with Crippen LogP contribution in [0.3, 0.4) is 0 Å². The van der Waals surface area contributed by atoms with Gasteiger partial charge in [0.25, 0.3) is 0 Å². The number of fused-ring (bicyclic) bond motifs is 1. The van der Waals surface area contributed by atoms with E-state index in [1.54, 1.807) is 12.4 Å². The summed E-state index contributed by atoms with van der Waals surface area (Å²) in [7, 11) is 0. The zero-order chi connectivity index (χ0) is 26.1. The van der Waals surface area contributed by atoms with Crippen molar-refractivity contribution in [2.75, 3.05) is 0 Å². The van der Waals surface area contributed by atoms with E-state index in [1.165, 1.54) is 11.1 Å². The minimum atomic E-state index is -0.0436. The van der Waals surface area contributed by atoms with Crippen molar-refractivity contribution in [1.82, 2.24) is 35.3 Å². The molecule has 0 saturated heterocycles. The fraction of sp³-hybridized carbons (Fsp3) is 0.483. The molecule has 1 aliphatic carbocycles. The Bertz CT molecular complexity index is 1310. The maximum Gasteiger partial charge on any atom is 2.00 e. The summed E-state index contributed by atoms with van der Waals surface area (Å²) in [6.07, 6.45) is 10.4. The first-order valence-corrected chi connectivity index (χ1v) is 12.6. The van der Waals surface area contributed by atoms with Crippen molar-refractivity contribution in [3.63, 3.8) is 0 Å². The van der Waals surface area contributed by atoms with E-state index < -0.39 is 0 Å². The molecule has 7 nitrogen and oxygen atoms in total. The van der Waals surface area contributed by atoms with E-state index in [0.717, 1.165) is 53.4 Å². The van der Waals surface area contributed by atoms with Gasteiger partial charge in [0, 0.05) is 34.6 Å². The van der Waals surface area contributed by atoms with Crippen molar-refractivity contribution in [1.29, 1.82) is 0 Å². The first-order chi connectivity index (χ1) is 16.9. The van der Waals surface area contributed by atoms with Gasteiger partial charge in [-0.05, 0) is 47.9 Å². The number of hydrogen-bond donors (Lipinski definition) is 0. The summed E-state index contributed by atoms with van der Waals surface area (Å²) in [6.45, 7) is 17.4. The average Bonchev–Trinajstić information content (AvgIpc) is 3.48. The number of pyridine rings is 1. The van der Waals surface area contributed by atoms with Crippen LogP contribution < -0.4 is 10.2 Å². The molecule has 0 bridgehead atoms. The summed E-state index contributed by atoms with van der Waals surface area (Å²) in [5, 5.41) is 17.5. The van der Waals surface area contributed by atoms with Crippen molar-refractivity contribution in [3.05, 3.63) is 65.5 Å². The van der Waals surface area contributed by atoms with Crippen LogP contribution in [0, 0.1) is 0 Å². The monoisotopic (exact) mass is 678 g/mol. The molecule has 0 atom stereocenters. The minimum absolute atomic E-state index is 0. The summed E-state index contributed by atoms with van der Waals surface area (Å²) in [4.78, 5) is 13.1. The molecule has 5 rings (SSSR count). The van der Waals surface area contributed by atoms with Gasteiger partial charge in [0.2, 0.25) is 0 Å². The van der Waals surface area contributed by atoms with Crippen LogP contribution in [-0.2, 0) is 43.7 Å². The molecule has 0 amide bonds. The molecule has 0 aliphatic heterocycles. The Morgan fingerprint density at radius 2 is 1.51 bits per heavy atom. The second kappa shape index (κ2) is 11.0. The third kappa shape index (κ3) is 6.62. The van der Waals surface area contributed by atoms with E-state index in [0.29, 0.717) is 0 Å². The summed E-state index contributed by atoms with van der Waals surface area (Å²) in [5.74, 6) is 0. The zero-order valence-corrected chi connectivity index (χ0v) is 25.4. The van der Waals surface area contributed by atoms with Crippen molar-refractivity contribution < 1.29 is 21.1 Å². The molecule has 8 heteroatoms. The normalized spacial score (nSPS) is 14.7. The number of nitrogens with zero attached hydrogens (tertiary/aromatic N) is 7. The van der Waals surface area contributed by atoms with E-state index in [2.05, 4.69) is 97.9 Å². The fourth-order valence-corrected chi connectivity index (χ4v) is 4.39. The largest absolute Gasteiger partial charge is 2.00 e. The molecule has 4 aromatic heterocycles. The molecule has 0 radical (unpaired) electrons. The van der Waals surface area contributed by atoms with Crippen molar-refractivity contribution in [3.8, 4) is 22.8 Å². The quantitative estimate of drug-likeness (QED) is 0.265. The number of aromatic nitrogens is 7. The molecule has 0 fully saturated rings. The van der Waals surface area contributed by atoms with Gasteiger partial charge in [0.15, 0.2) is 0 Å². The van der Waals surface area contributed by atoms with E-state index in [-0.39, 0.29) is 37.3 Å². The second-order valence-corrected chi connectivity index (χ2v) is 12.3. The maximum absolute atomic E-state index is 4.77. The van der Waals surface area contributed by atoms with E-state index in [1.807, 2.05) is 18.5 Å². The molecule has 4 heterocycles. The van der Waals surface area contributed by atoms with Crippen LogP contribution in [0.25, 0.3) is 22.8 Å². The van der Waals surface area contributed by atoms with Gasteiger partial charge < -0.3 is 20.4 Å². The van der Waals surface area contributed by atoms with Crippen LogP contribution in [0.4, 0.5) is 0 Å². The number of rotatable bonds is 2. The van der Waals surface area contributed by atoms with Gasteiger partial charge in [-0.3, -0.25) is 9.97 Å². The molecule has 0 N–H and O–H groups in total. The van der Waals surface area contributed by atoms with E-state index in [9.17, 15) is 0 Å². The van der Waals surface area contributed by atoms with Gasteiger partial charge in [0.05, 0.1) is 23.8 Å². The summed E-state index contributed by atoms with van der Waals surface area (Å²) >= 11 is 0. The van der Waals surface area contributed by atoms with Gasteiger partial charge in [-0.25, -0.2) is 4.98 Å². The topological polar surface area (TPSA) is 92.7 Å². The molecule has 198 valence electrons. The van der Waals surface area contributed by atoms with Crippen LogP contribution >= 0.6 is 0 Å². The Balaban J connectivity index is 0.000000293. The first-order valence-electron chi connectivity index (χ1n) is 12.6. The molecule has 37 heavy (non-hydrogen) atoms. The van der Waals surface area contributed by atoms with Crippen LogP contribution in [0.5, 0.6) is 0 Å². The number of hydrogen-bond acceptors (Lipinski definition) is 5. The van der Waals surface area contributed by atoms with Crippen molar-refractivity contribution in [2.24, 2.45) is 0 Å². The predicted octanol–water partition coefficient (Wildman–Crippen LogP) is 5.80. The third-order valence-corrected chi connectivity index (χ3v) is 6.68. The standard InChI is InChI=1S/C20H24N6.C9H13N.Pt/c1-19(2,3)16-9-13(23-24-16)14-10-21-11-15(22-14)17-12-7-6-8-20(4,5)18(12)26-25-17;1-9(2,3)8-4-6-10-7-5-8;/h9-11H,6-8H2,1-5H3;4-7H,1-3H3;/q-2;;+2. The Kier molecular flexibility index (Phi) is 8.58. The Morgan fingerprint density at radius 3 is 2.11 bits per heavy atom.